The lowest BCUT2D eigenvalue weighted by Crippen LogP contribution is -2.40. The van der Waals surface area contributed by atoms with Crippen LogP contribution in [-0.2, 0) is 29.3 Å². The van der Waals surface area contributed by atoms with Crippen molar-refractivity contribution in [3.63, 3.8) is 0 Å². The number of halogens is 1. The van der Waals surface area contributed by atoms with Crippen molar-refractivity contribution in [3.05, 3.63) is 29.6 Å². The molecule has 4 N–H and O–H groups in total. The van der Waals surface area contributed by atoms with E-state index in [-0.39, 0.29) is 12.1 Å². The van der Waals surface area contributed by atoms with Gasteiger partial charge in [-0.05, 0) is 31.1 Å². The van der Waals surface area contributed by atoms with Crippen LogP contribution in [-0.4, -0.2) is 67.9 Å². The SMILES string of the molecule is CCC[C@H]1C=C(c2ccc(O)c(N3CC(=O)NS3(=O)=O)c2F)CN1C(=O)OC(C)OC(=O)[C@@H](C)N. The molecule has 0 aromatic heterocycles. The summed E-state index contributed by atoms with van der Waals surface area (Å²) in [5.74, 6) is -3.36. The molecule has 0 radical (unpaired) electrons. The average Bonchev–Trinajstić information content (AvgIpc) is 3.27. The van der Waals surface area contributed by atoms with Crippen LogP contribution in [0.4, 0.5) is 14.9 Å². The van der Waals surface area contributed by atoms with Gasteiger partial charge in [0.05, 0.1) is 12.6 Å². The van der Waals surface area contributed by atoms with Gasteiger partial charge in [0.15, 0.2) is 5.82 Å². The number of carbonyl (C=O) groups excluding carboxylic acids is 3. The van der Waals surface area contributed by atoms with Crippen LogP contribution >= 0.6 is 0 Å². The summed E-state index contributed by atoms with van der Waals surface area (Å²) in [7, 11) is -4.37. The number of benzene rings is 1. The van der Waals surface area contributed by atoms with Crippen molar-refractivity contribution >= 4 is 39.4 Å². The van der Waals surface area contributed by atoms with E-state index in [9.17, 15) is 27.9 Å². The molecule has 2 heterocycles. The van der Waals surface area contributed by atoms with Crippen molar-refractivity contribution in [3.8, 4) is 5.75 Å². The Morgan fingerprint density at radius 3 is 2.54 bits per heavy atom. The zero-order valence-corrected chi connectivity index (χ0v) is 20.2. The summed E-state index contributed by atoms with van der Waals surface area (Å²) in [6, 6.07) is 0.982. The number of phenols is 1. The Bertz CT molecular complexity index is 1170. The van der Waals surface area contributed by atoms with Gasteiger partial charge in [0, 0.05) is 12.5 Å². The number of nitrogens with two attached hydrogens (primary N) is 1. The lowest BCUT2D eigenvalue weighted by molar-refractivity contribution is -0.167. The Balaban J connectivity index is 1.87. The normalized spacial score (nSPS) is 20.8. The van der Waals surface area contributed by atoms with E-state index in [0.717, 1.165) is 6.07 Å². The van der Waals surface area contributed by atoms with Crippen molar-refractivity contribution < 1.29 is 41.8 Å². The van der Waals surface area contributed by atoms with Crippen LogP contribution in [0.15, 0.2) is 18.2 Å². The largest absolute Gasteiger partial charge is 0.506 e. The fourth-order valence-electron chi connectivity index (χ4n) is 3.78. The molecule has 3 atom stereocenters. The van der Waals surface area contributed by atoms with Crippen molar-refractivity contribution in [2.24, 2.45) is 5.73 Å². The molecule has 0 aliphatic carbocycles. The molecule has 14 heteroatoms. The minimum Gasteiger partial charge on any atom is -0.506 e. The van der Waals surface area contributed by atoms with Crippen LogP contribution in [0.1, 0.15) is 39.2 Å². The maximum Gasteiger partial charge on any atom is 0.413 e. The molecule has 3 rings (SSSR count). The highest BCUT2D eigenvalue weighted by atomic mass is 32.2. The third kappa shape index (κ3) is 5.48. The molecule has 1 saturated heterocycles. The van der Waals surface area contributed by atoms with E-state index in [1.807, 2.05) is 6.92 Å². The molecular weight excluding hydrogens is 487 g/mol. The molecule has 12 nitrogen and oxygen atoms in total. The van der Waals surface area contributed by atoms with E-state index in [2.05, 4.69) is 0 Å². The summed E-state index contributed by atoms with van der Waals surface area (Å²) in [5, 5.41) is 10.2. The zero-order chi connectivity index (χ0) is 26.1. The Morgan fingerprint density at radius 1 is 1.29 bits per heavy atom. The maximum atomic E-state index is 15.5. The quantitative estimate of drug-likeness (QED) is 0.354. The highest BCUT2D eigenvalue weighted by Gasteiger charge is 2.39. The Morgan fingerprint density at radius 2 is 1.97 bits per heavy atom. The number of ether oxygens (including phenoxy) is 2. The van der Waals surface area contributed by atoms with Gasteiger partial charge in [-0.25, -0.2) is 18.2 Å². The first-order chi connectivity index (χ1) is 16.4. The predicted octanol–water partition coefficient (Wildman–Crippen LogP) is 0.953. The lowest BCUT2D eigenvalue weighted by Gasteiger charge is -2.26. The second-order valence-electron chi connectivity index (χ2n) is 8.18. The van der Waals surface area contributed by atoms with Crippen molar-refractivity contribution in [1.82, 2.24) is 9.62 Å². The van der Waals surface area contributed by atoms with Gasteiger partial charge in [0.2, 0.25) is 6.29 Å². The Kier molecular flexibility index (Phi) is 7.55. The molecule has 1 fully saturated rings. The number of hydrogen-bond donors (Lipinski definition) is 3. The molecule has 1 aromatic carbocycles. The Hall–Kier alpha value is -3.39. The molecule has 0 bridgehead atoms. The molecule has 35 heavy (non-hydrogen) atoms. The van der Waals surface area contributed by atoms with Gasteiger partial charge in [-0.3, -0.25) is 14.5 Å². The van der Waals surface area contributed by atoms with E-state index >= 15 is 4.39 Å². The van der Waals surface area contributed by atoms with Crippen LogP contribution in [0.5, 0.6) is 5.75 Å². The van der Waals surface area contributed by atoms with Crippen molar-refractivity contribution in [2.75, 3.05) is 17.4 Å². The highest BCUT2D eigenvalue weighted by Crippen LogP contribution is 2.39. The van der Waals surface area contributed by atoms with Crippen molar-refractivity contribution in [1.29, 1.82) is 0 Å². The Labute approximate surface area is 201 Å². The number of carbonyl (C=O) groups is 3. The summed E-state index contributed by atoms with van der Waals surface area (Å²) in [5.41, 5.74) is 5.05. The number of aromatic hydroxyl groups is 1. The van der Waals surface area contributed by atoms with Crippen molar-refractivity contribution in [2.45, 2.75) is 52.0 Å². The monoisotopic (exact) mass is 514 g/mol. The molecule has 1 unspecified atom stereocenters. The molecule has 2 aliphatic heterocycles. The second kappa shape index (κ2) is 10.1. The first kappa shape index (κ1) is 26.2. The minimum absolute atomic E-state index is 0.0554. The fraction of sp³-hybridized carbons (Fsp3) is 0.476. The van der Waals surface area contributed by atoms with Crippen LogP contribution < -0.4 is 14.8 Å². The summed E-state index contributed by atoms with van der Waals surface area (Å²) >= 11 is 0. The van der Waals surface area contributed by atoms with E-state index in [4.69, 9.17) is 15.2 Å². The number of rotatable bonds is 7. The zero-order valence-electron chi connectivity index (χ0n) is 19.4. The number of hydrogen-bond acceptors (Lipinski definition) is 9. The van der Waals surface area contributed by atoms with Gasteiger partial charge in [-0.1, -0.05) is 19.4 Å². The van der Waals surface area contributed by atoms with E-state index in [1.54, 1.807) is 10.8 Å². The number of esters is 1. The first-order valence-corrected chi connectivity index (χ1v) is 12.3. The molecule has 0 spiro atoms. The summed E-state index contributed by atoms with van der Waals surface area (Å²) in [6.07, 6.45) is 0.810. The van der Waals surface area contributed by atoms with E-state index < -0.39 is 70.4 Å². The molecule has 192 valence electrons. The number of nitrogens with one attached hydrogen (secondary N) is 1. The molecule has 0 saturated carbocycles. The highest BCUT2D eigenvalue weighted by molar-refractivity contribution is 7.92. The van der Waals surface area contributed by atoms with Gasteiger partial charge in [-0.2, -0.15) is 8.42 Å². The standard InChI is InChI=1S/C21H27FN4O8S/c1-4-5-14-8-13(9-25(14)21(30)34-12(3)33-20(29)11(2)23)15-6-7-16(27)19(18(15)22)26-10-17(28)24-35(26,31)32/h6-8,11-12,14,27H,4-5,9-10,23H2,1-3H3,(H,24,28)/t11-,12?,14+/m1/s1. The van der Waals surface area contributed by atoms with Gasteiger partial charge in [0.25, 0.3) is 5.91 Å². The predicted molar refractivity (Wildman–Crippen MR) is 122 cm³/mol. The molecule has 2 amide bonds. The van der Waals surface area contributed by atoms with Crippen LogP contribution in [0, 0.1) is 5.82 Å². The van der Waals surface area contributed by atoms with Crippen LogP contribution in [0.25, 0.3) is 5.57 Å². The maximum absolute atomic E-state index is 15.5. The smallest absolute Gasteiger partial charge is 0.413 e. The molecule has 1 aromatic rings. The number of phenolic OH excluding ortho intramolecular Hbond substituents is 1. The number of amides is 2. The van der Waals surface area contributed by atoms with Gasteiger partial charge < -0.3 is 20.3 Å². The molecular formula is C21H27FN4O8S. The van der Waals surface area contributed by atoms with Crippen LogP contribution in [0.3, 0.4) is 0 Å². The summed E-state index contributed by atoms with van der Waals surface area (Å²) < 4.78 is 52.2. The van der Waals surface area contributed by atoms with Crippen LogP contribution in [0.2, 0.25) is 0 Å². The van der Waals surface area contributed by atoms with Gasteiger partial charge in [0.1, 0.15) is 24.0 Å². The molecule has 2 aliphatic rings. The van der Waals surface area contributed by atoms with Gasteiger partial charge >= 0.3 is 22.3 Å². The van der Waals surface area contributed by atoms with E-state index in [1.165, 1.54) is 24.8 Å². The van der Waals surface area contributed by atoms with E-state index in [0.29, 0.717) is 22.7 Å². The summed E-state index contributed by atoms with van der Waals surface area (Å²) in [6.45, 7) is 3.89. The topological polar surface area (TPSA) is 169 Å². The minimum atomic E-state index is -4.37. The third-order valence-electron chi connectivity index (χ3n) is 5.38. The number of nitrogens with zero attached hydrogens (tertiary/aromatic N) is 2. The number of anilines is 1. The van der Waals surface area contributed by atoms with Gasteiger partial charge in [-0.15, -0.1) is 0 Å². The fourth-order valence-corrected chi connectivity index (χ4v) is 4.94. The first-order valence-electron chi connectivity index (χ1n) is 10.8. The third-order valence-corrected chi connectivity index (χ3v) is 6.76. The summed E-state index contributed by atoms with van der Waals surface area (Å²) in [4.78, 5) is 37.3. The lowest BCUT2D eigenvalue weighted by atomic mass is 10.0. The second-order valence-corrected chi connectivity index (χ2v) is 9.78. The average molecular weight is 515 g/mol.